The van der Waals surface area contributed by atoms with E-state index in [2.05, 4.69) is 20.6 Å². The Morgan fingerprint density at radius 1 is 1.07 bits per heavy atom. The minimum Gasteiger partial charge on any atom is -0.401 e. The number of sulfonamides is 1. The molecular weight excluding hydrogens is 396 g/mol. The van der Waals surface area contributed by atoms with Gasteiger partial charge in [0.25, 0.3) is 11.8 Å². The van der Waals surface area contributed by atoms with Gasteiger partial charge in [-0.2, -0.15) is 9.40 Å². The molecule has 3 heterocycles. The summed E-state index contributed by atoms with van der Waals surface area (Å²) in [5, 5.41) is 14.2. The van der Waals surface area contributed by atoms with E-state index in [4.69, 9.17) is 4.42 Å². The molecule has 1 aliphatic rings. The van der Waals surface area contributed by atoms with Gasteiger partial charge in [-0.25, -0.2) is 8.42 Å². The van der Waals surface area contributed by atoms with E-state index < -0.39 is 15.9 Å². The van der Waals surface area contributed by atoms with E-state index >= 15 is 0 Å². The van der Waals surface area contributed by atoms with Crippen LogP contribution < -0.4 is 5.32 Å². The van der Waals surface area contributed by atoms with Crippen LogP contribution in [0.1, 0.15) is 29.6 Å². The van der Waals surface area contributed by atoms with E-state index in [0.717, 1.165) is 19.3 Å². The number of hydrogen-bond donors (Lipinski definition) is 1. The van der Waals surface area contributed by atoms with Crippen molar-refractivity contribution in [3.63, 3.8) is 0 Å². The third-order valence-electron chi connectivity index (χ3n) is 4.75. The van der Waals surface area contributed by atoms with Crippen LogP contribution in [0.2, 0.25) is 0 Å². The molecule has 0 saturated carbocycles. The molecular formula is C18H20N6O4S. The van der Waals surface area contributed by atoms with Crippen LogP contribution in [0.5, 0.6) is 0 Å². The van der Waals surface area contributed by atoms with Crippen LogP contribution in [-0.2, 0) is 17.1 Å². The number of hydrogen-bond acceptors (Lipinski definition) is 7. The number of rotatable bonds is 5. The molecule has 1 N–H and O–H groups in total. The maximum Gasteiger partial charge on any atom is 0.322 e. The topological polar surface area (TPSA) is 123 Å². The van der Waals surface area contributed by atoms with Gasteiger partial charge in [0.2, 0.25) is 10.0 Å². The van der Waals surface area contributed by atoms with Crippen molar-refractivity contribution in [1.29, 1.82) is 0 Å². The fraction of sp³-hybridized carbons (Fsp3) is 0.333. The molecule has 4 rings (SSSR count). The Bertz CT molecular complexity index is 1110. The lowest BCUT2D eigenvalue weighted by atomic mass is 10.2. The van der Waals surface area contributed by atoms with Crippen molar-refractivity contribution in [3.8, 4) is 11.6 Å². The summed E-state index contributed by atoms with van der Waals surface area (Å²) in [5.41, 5.74) is 0.896. The zero-order valence-corrected chi connectivity index (χ0v) is 16.6. The first-order valence-electron chi connectivity index (χ1n) is 9.18. The highest BCUT2D eigenvalue weighted by Gasteiger charge is 2.26. The quantitative estimate of drug-likeness (QED) is 0.674. The monoisotopic (exact) mass is 416 g/mol. The molecule has 29 heavy (non-hydrogen) atoms. The van der Waals surface area contributed by atoms with Crippen molar-refractivity contribution in [3.05, 3.63) is 42.1 Å². The van der Waals surface area contributed by atoms with Crippen molar-refractivity contribution in [1.82, 2.24) is 24.3 Å². The number of amides is 1. The zero-order chi connectivity index (χ0) is 20.4. The Hall–Kier alpha value is -3.05. The molecule has 1 aliphatic heterocycles. The van der Waals surface area contributed by atoms with Crippen LogP contribution in [0.4, 0.5) is 6.01 Å². The Morgan fingerprint density at radius 2 is 1.79 bits per heavy atom. The lowest BCUT2D eigenvalue weighted by molar-refractivity contribution is 0.102. The molecule has 0 aliphatic carbocycles. The fourth-order valence-corrected chi connectivity index (χ4v) is 4.68. The average molecular weight is 416 g/mol. The molecule has 11 heteroatoms. The summed E-state index contributed by atoms with van der Waals surface area (Å²) in [6.45, 7) is 1.06. The number of nitrogens with zero attached hydrogens (tertiary/aromatic N) is 5. The van der Waals surface area contributed by atoms with Gasteiger partial charge in [0, 0.05) is 31.9 Å². The predicted octanol–water partition coefficient (Wildman–Crippen LogP) is 1.90. The van der Waals surface area contributed by atoms with Gasteiger partial charge in [-0.1, -0.05) is 11.5 Å². The molecule has 0 spiro atoms. The number of carbonyl (C=O) groups is 1. The number of aryl methyl sites for hydroxylation is 1. The normalized spacial score (nSPS) is 15.3. The molecule has 2 aromatic heterocycles. The van der Waals surface area contributed by atoms with E-state index in [0.29, 0.717) is 18.8 Å². The first-order chi connectivity index (χ1) is 13.9. The fourth-order valence-electron chi connectivity index (χ4n) is 3.16. The molecule has 0 bridgehead atoms. The van der Waals surface area contributed by atoms with Crippen molar-refractivity contribution in [2.45, 2.75) is 24.2 Å². The van der Waals surface area contributed by atoms with Gasteiger partial charge in [-0.3, -0.25) is 14.8 Å². The average Bonchev–Trinajstić information content (AvgIpc) is 3.37. The van der Waals surface area contributed by atoms with Crippen molar-refractivity contribution < 1.29 is 17.6 Å². The number of carbonyl (C=O) groups excluding carboxylic acids is 1. The van der Waals surface area contributed by atoms with Gasteiger partial charge in [-0.15, -0.1) is 5.10 Å². The van der Waals surface area contributed by atoms with Crippen LogP contribution in [0.15, 0.2) is 45.8 Å². The molecule has 1 aromatic carbocycles. The summed E-state index contributed by atoms with van der Waals surface area (Å²) in [7, 11) is -1.80. The number of anilines is 1. The van der Waals surface area contributed by atoms with E-state index in [1.54, 1.807) is 24.0 Å². The maximum atomic E-state index is 12.7. The standard InChI is InChI=1S/C18H20N6O4S/c1-23-15(9-10-19-23)17-21-22-18(28-17)20-16(25)13-5-7-14(8-6-13)29(26,27)24-11-3-2-4-12-24/h5-10H,2-4,11-12H2,1H3,(H,20,22,25). The van der Waals surface area contributed by atoms with E-state index in [9.17, 15) is 13.2 Å². The molecule has 3 aromatic rings. The Balaban J connectivity index is 1.46. The number of aromatic nitrogens is 4. The van der Waals surface area contributed by atoms with Gasteiger partial charge in [0.1, 0.15) is 5.69 Å². The summed E-state index contributed by atoms with van der Waals surface area (Å²) in [6, 6.07) is 7.45. The highest BCUT2D eigenvalue weighted by Crippen LogP contribution is 2.22. The van der Waals surface area contributed by atoms with E-state index in [1.165, 1.54) is 28.6 Å². The summed E-state index contributed by atoms with van der Waals surface area (Å²) in [6.07, 6.45) is 4.37. The number of benzene rings is 1. The van der Waals surface area contributed by atoms with Crippen molar-refractivity contribution >= 4 is 21.9 Å². The zero-order valence-electron chi connectivity index (χ0n) is 15.8. The third kappa shape index (κ3) is 3.91. The van der Waals surface area contributed by atoms with Crippen LogP contribution in [0.25, 0.3) is 11.6 Å². The second-order valence-corrected chi connectivity index (χ2v) is 8.63. The second-order valence-electron chi connectivity index (χ2n) is 6.70. The molecule has 10 nitrogen and oxygen atoms in total. The van der Waals surface area contributed by atoms with Gasteiger partial charge in [0.15, 0.2) is 0 Å². The maximum absolute atomic E-state index is 12.7. The van der Waals surface area contributed by atoms with Gasteiger partial charge < -0.3 is 4.42 Å². The molecule has 152 valence electrons. The van der Waals surface area contributed by atoms with E-state index in [-0.39, 0.29) is 22.4 Å². The van der Waals surface area contributed by atoms with Crippen LogP contribution in [-0.4, -0.2) is 51.7 Å². The first kappa shape index (κ1) is 19.3. The number of nitrogens with one attached hydrogen (secondary N) is 1. The van der Waals surface area contributed by atoms with Crippen molar-refractivity contribution in [2.24, 2.45) is 7.05 Å². The van der Waals surface area contributed by atoms with Gasteiger partial charge in [0.05, 0.1) is 4.90 Å². The molecule has 0 radical (unpaired) electrons. The third-order valence-corrected chi connectivity index (χ3v) is 6.67. The van der Waals surface area contributed by atoms with Crippen LogP contribution >= 0.6 is 0 Å². The smallest absolute Gasteiger partial charge is 0.322 e. The van der Waals surface area contributed by atoms with E-state index in [1.807, 2.05) is 0 Å². The van der Waals surface area contributed by atoms with Crippen LogP contribution in [0.3, 0.4) is 0 Å². The van der Waals surface area contributed by atoms with Crippen molar-refractivity contribution in [2.75, 3.05) is 18.4 Å². The predicted molar refractivity (Wildman–Crippen MR) is 104 cm³/mol. The Morgan fingerprint density at radius 3 is 2.45 bits per heavy atom. The largest absolute Gasteiger partial charge is 0.401 e. The summed E-state index contributed by atoms with van der Waals surface area (Å²) < 4.78 is 33.9. The number of piperidine rings is 1. The highest BCUT2D eigenvalue weighted by molar-refractivity contribution is 7.89. The molecule has 0 unspecified atom stereocenters. The minimum atomic E-state index is -3.54. The first-order valence-corrected chi connectivity index (χ1v) is 10.6. The molecule has 1 fully saturated rings. The molecule has 0 atom stereocenters. The summed E-state index contributed by atoms with van der Waals surface area (Å²) in [4.78, 5) is 12.6. The second kappa shape index (κ2) is 7.76. The minimum absolute atomic E-state index is 0.0591. The summed E-state index contributed by atoms with van der Waals surface area (Å²) >= 11 is 0. The SMILES string of the molecule is Cn1nccc1-c1nnc(NC(=O)c2ccc(S(=O)(=O)N3CCCCC3)cc2)o1. The summed E-state index contributed by atoms with van der Waals surface area (Å²) in [5.74, 6) is -0.254. The van der Waals surface area contributed by atoms with Crippen LogP contribution in [0, 0.1) is 0 Å². The Labute approximate surface area is 167 Å². The van der Waals surface area contributed by atoms with Gasteiger partial charge in [-0.05, 0) is 43.2 Å². The molecule has 1 saturated heterocycles. The lowest BCUT2D eigenvalue weighted by Gasteiger charge is -2.25. The Kier molecular flexibility index (Phi) is 5.16. The lowest BCUT2D eigenvalue weighted by Crippen LogP contribution is -2.35. The highest BCUT2D eigenvalue weighted by atomic mass is 32.2. The molecule has 1 amide bonds. The van der Waals surface area contributed by atoms with Gasteiger partial charge >= 0.3 is 6.01 Å².